The fraction of sp³-hybridized carbons (Fsp3) is 0.860. The molecule has 4 saturated carbocycles. The van der Waals surface area contributed by atoms with E-state index in [2.05, 4.69) is 54.5 Å². The summed E-state index contributed by atoms with van der Waals surface area (Å²) in [5, 5.41) is 11.6. The van der Waals surface area contributed by atoms with Crippen LogP contribution in [0.3, 0.4) is 0 Å². The van der Waals surface area contributed by atoms with Gasteiger partial charge < -0.3 is 33.5 Å². The molecule has 1 saturated heterocycles. The van der Waals surface area contributed by atoms with E-state index in [0.717, 1.165) is 57.8 Å². The van der Waals surface area contributed by atoms with Gasteiger partial charge in [-0.25, -0.2) is 0 Å². The van der Waals surface area contributed by atoms with Crippen LogP contribution < -0.4 is 0 Å². The molecule has 0 aromatic heterocycles. The van der Waals surface area contributed by atoms with E-state index < -0.39 is 54.0 Å². The Balaban J connectivity index is 1.26. The average Bonchev–Trinajstić information content (AvgIpc) is 3.08. The maximum absolute atomic E-state index is 13.1. The van der Waals surface area contributed by atoms with Crippen molar-refractivity contribution in [2.45, 2.75) is 170 Å². The third kappa shape index (κ3) is 6.53. The lowest BCUT2D eigenvalue weighted by molar-refractivity contribution is -0.332. The summed E-state index contributed by atoms with van der Waals surface area (Å²) in [4.78, 5) is 49.1. The highest BCUT2D eigenvalue weighted by Gasteiger charge is 2.68. The van der Waals surface area contributed by atoms with Crippen LogP contribution in [-0.4, -0.2) is 79.5 Å². The summed E-state index contributed by atoms with van der Waals surface area (Å²) >= 11 is 0. The highest BCUT2D eigenvalue weighted by molar-refractivity contribution is 5.76. The predicted octanol–water partition coefficient (Wildman–Crippen LogP) is 6.86. The molecule has 11 nitrogen and oxygen atoms in total. The molecule has 5 aliphatic carbocycles. The Kier molecular flexibility index (Phi) is 10.8. The smallest absolute Gasteiger partial charge is 0.311 e. The van der Waals surface area contributed by atoms with Crippen LogP contribution in [0.25, 0.3) is 0 Å². The number of methoxy groups -OCH3 is 1. The van der Waals surface area contributed by atoms with E-state index in [0.29, 0.717) is 17.8 Å². The van der Waals surface area contributed by atoms with Crippen LogP contribution in [0.5, 0.6) is 0 Å². The first-order valence-corrected chi connectivity index (χ1v) is 20.3. The van der Waals surface area contributed by atoms with Crippen molar-refractivity contribution in [1.29, 1.82) is 0 Å². The number of allylic oxidation sites excluding steroid dienone is 2. The van der Waals surface area contributed by atoms with Gasteiger partial charge >= 0.3 is 23.9 Å². The molecule has 14 atom stereocenters. The van der Waals surface area contributed by atoms with Crippen molar-refractivity contribution in [3.05, 3.63) is 11.6 Å². The lowest BCUT2D eigenvalue weighted by atomic mass is 9.33. The van der Waals surface area contributed by atoms with Gasteiger partial charge in [-0.1, -0.05) is 53.2 Å². The summed E-state index contributed by atoms with van der Waals surface area (Å²) in [5.74, 6) is -0.809. The maximum atomic E-state index is 13.1. The second kappa shape index (κ2) is 14.2. The van der Waals surface area contributed by atoms with Gasteiger partial charge in [-0.2, -0.15) is 0 Å². The second-order valence-corrected chi connectivity index (χ2v) is 19.7. The van der Waals surface area contributed by atoms with Crippen LogP contribution >= 0.6 is 0 Å². The second-order valence-electron chi connectivity index (χ2n) is 19.7. The summed E-state index contributed by atoms with van der Waals surface area (Å²) < 4.78 is 34.6. The van der Waals surface area contributed by atoms with Crippen LogP contribution in [0.2, 0.25) is 0 Å². The molecule has 0 spiro atoms. The summed E-state index contributed by atoms with van der Waals surface area (Å²) in [6.07, 6.45) is 6.04. The fourth-order valence-corrected chi connectivity index (χ4v) is 13.2. The van der Waals surface area contributed by atoms with Crippen molar-refractivity contribution in [3.8, 4) is 0 Å². The maximum Gasteiger partial charge on any atom is 0.311 e. The molecule has 11 heteroatoms. The predicted molar refractivity (Wildman–Crippen MR) is 198 cm³/mol. The van der Waals surface area contributed by atoms with Gasteiger partial charge in [-0.3, -0.25) is 19.2 Å². The van der Waals surface area contributed by atoms with Crippen molar-refractivity contribution >= 4 is 23.9 Å². The van der Waals surface area contributed by atoms with E-state index in [4.69, 9.17) is 28.4 Å². The minimum Gasteiger partial charge on any atom is -0.469 e. The molecule has 54 heavy (non-hydrogen) atoms. The van der Waals surface area contributed by atoms with Crippen LogP contribution in [0.15, 0.2) is 11.6 Å². The lowest BCUT2D eigenvalue weighted by Crippen LogP contribution is -2.66. The van der Waals surface area contributed by atoms with Crippen LogP contribution in [0.4, 0.5) is 0 Å². The zero-order valence-corrected chi connectivity index (χ0v) is 34.6. The largest absolute Gasteiger partial charge is 0.469 e. The lowest BCUT2D eigenvalue weighted by Gasteiger charge is -2.71. The number of hydrogen-bond donors (Lipinski definition) is 1. The van der Waals surface area contributed by atoms with Crippen molar-refractivity contribution in [3.63, 3.8) is 0 Å². The van der Waals surface area contributed by atoms with Gasteiger partial charge in [0.25, 0.3) is 0 Å². The molecule has 0 unspecified atom stereocenters. The Hall–Kier alpha value is -2.50. The number of esters is 4. The normalized spacial score (nSPS) is 46.6. The molecule has 6 rings (SSSR count). The van der Waals surface area contributed by atoms with Crippen LogP contribution in [-0.2, 0) is 47.6 Å². The number of hydrogen-bond acceptors (Lipinski definition) is 11. The van der Waals surface area contributed by atoms with E-state index in [1.54, 1.807) is 5.57 Å². The average molecular weight is 759 g/mol. The monoisotopic (exact) mass is 758 g/mol. The Bertz CT molecular complexity index is 1540. The molecule has 0 radical (unpaired) electrons. The number of aliphatic hydroxyl groups is 1. The molecule has 0 aromatic rings. The molecular weight excluding hydrogens is 692 g/mol. The molecular formula is C43H66O11. The molecule has 1 N–H and O–H groups in total. The van der Waals surface area contributed by atoms with Crippen molar-refractivity contribution in [2.75, 3.05) is 13.7 Å². The van der Waals surface area contributed by atoms with Crippen molar-refractivity contribution in [2.24, 2.45) is 50.2 Å². The van der Waals surface area contributed by atoms with Crippen LogP contribution in [0.1, 0.15) is 133 Å². The number of rotatable bonds is 7. The molecule has 1 heterocycles. The van der Waals surface area contributed by atoms with Gasteiger partial charge in [-0.05, 0) is 116 Å². The quantitative estimate of drug-likeness (QED) is 0.126. The summed E-state index contributed by atoms with van der Waals surface area (Å²) in [5.41, 5.74) is 1.15. The first kappa shape index (κ1) is 41.1. The topological polar surface area (TPSA) is 144 Å². The zero-order valence-electron chi connectivity index (χ0n) is 34.6. The zero-order chi connectivity index (χ0) is 39.8. The van der Waals surface area contributed by atoms with Gasteiger partial charge in [-0.15, -0.1) is 0 Å². The minimum absolute atomic E-state index is 0.0276. The Morgan fingerprint density at radius 2 is 1.46 bits per heavy atom. The SMILES string of the molecule is COC(=O)[C@@]1(C)CC[C@]2(C)CC[C@]3(C)C(=CC[C@@H]4[C@@]5(C)CC[C@H](O[C@@H]6O[C@H](COC(C)=O)[C@@H](OC(C)=O)[C@H](OC(C)=O)[C@H]6O)C(C)(C)[C@@H]5CC[C@]43C)[C@@H]2C1. The molecule has 5 fully saturated rings. The van der Waals surface area contributed by atoms with Gasteiger partial charge in [0.05, 0.1) is 18.6 Å². The third-order valence-corrected chi connectivity index (χ3v) is 16.4. The molecule has 0 bridgehead atoms. The van der Waals surface area contributed by atoms with Gasteiger partial charge in [0.2, 0.25) is 0 Å². The highest BCUT2D eigenvalue weighted by Crippen LogP contribution is 2.76. The van der Waals surface area contributed by atoms with E-state index in [1.165, 1.54) is 34.3 Å². The van der Waals surface area contributed by atoms with E-state index >= 15 is 0 Å². The standard InChI is InChI=1S/C43H66O11/c1-24(44)50-23-29-34(51-25(2)45)35(52-26(3)46)33(47)36(53-29)54-32-15-16-41(8)30(38(32,4)5)14-17-43(10)31(41)13-12-27-28-22-40(7,37(48)49-11)19-18-39(28,6)20-21-42(27,43)9/h12,28-36,47H,13-23H2,1-11H3/t28-,29+,30-,31+,32-,33+,34+,35+,36-,39+,40-,41-,42+,43+/m0/s1. The van der Waals surface area contributed by atoms with E-state index in [1.807, 2.05) is 0 Å². The Morgan fingerprint density at radius 3 is 2.09 bits per heavy atom. The number of carbonyl (C=O) groups is 4. The Labute approximate surface area is 321 Å². The summed E-state index contributed by atoms with van der Waals surface area (Å²) in [6.45, 7) is 20.1. The summed E-state index contributed by atoms with van der Waals surface area (Å²) in [7, 11) is 1.52. The van der Waals surface area contributed by atoms with Gasteiger partial charge in [0.1, 0.15) is 18.8 Å². The van der Waals surface area contributed by atoms with Gasteiger partial charge in [0, 0.05) is 20.8 Å². The first-order valence-electron chi connectivity index (χ1n) is 20.3. The molecule has 304 valence electrons. The molecule has 0 aromatic carbocycles. The minimum atomic E-state index is -1.45. The van der Waals surface area contributed by atoms with Gasteiger partial charge in [0.15, 0.2) is 18.5 Å². The van der Waals surface area contributed by atoms with E-state index in [-0.39, 0.29) is 45.8 Å². The first-order chi connectivity index (χ1) is 25.1. The number of carbonyl (C=O) groups excluding carboxylic acids is 4. The third-order valence-electron chi connectivity index (χ3n) is 16.4. The highest BCUT2D eigenvalue weighted by atomic mass is 16.7. The number of aliphatic hydroxyl groups excluding tert-OH is 1. The van der Waals surface area contributed by atoms with Crippen molar-refractivity contribution < 1.29 is 52.7 Å². The molecule has 0 amide bonds. The molecule has 6 aliphatic rings. The summed E-state index contributed by atoms with van der Waals surface area (Å²) in [6, 6.07) is 0. The Morgan fingerprint density at radius 1 is 0.815 bits per heavy atom. The fourth-order valence-electron chi connectivity index (χ4n) is 13.2. The number of fused-ring (bicyclic) bond motifs is 7. The number of ether oxygens (including phenoxy) is 6. The van der Waals surface area contributed by atoms with E-state index in [9.17, 15) is 24.3 Å². The van der Waals surface area contributed by atoms with Crippen molar-refractivity contribution in [1.82, 2.24) is 0 Å². The molecule has 1 aliphatic heterocycles. The van der Waals surface area contributed by atoms with Crippen LogP contribution in [0, 0.1) is 50.2 Å².